The number of thiophene rings is 1. The molecule has 0 bridgehead atoms. The molecule has 1 aliphatic heterocycles. The second-order valence-electron chi connectivity index (χ2n) is 11.7. The highest BCUT2D eigenvalue weighted by atomic mass is 32.1. The summed E-state index contributed by atoms with van der Waals surface area (Å²) in [5.74, 6) is -0.186. The van der Waals surface area contributed by atoms with Gasteiger partial charge in [-0.15, -0.1) is 11.3 Å². The maximum atomic E-state index is 15.0. The first-order valence-corrected chi connectivity index (χ1v) is 14.5. The number of aromatic nitrogens is 4. The van der Waals surface area contributed by atoms with Gasteiger partial charge in [0.25, 0.3) is 5.56 Å². The predicted octanol–water partition coefficient (Wildman–Crippen LogP) is 4.37. The number of carbonyl (C=O) groups is 1. The van der Waals surface area contributed by atoms with Crippen LogP contribution in [0.15, 0.2) is 41.3 Å². The van der Waals surface area contributed by atoms with E-state index in [0.717, 1.165) is 35.8 Å². The molecule has 0 spiro atoms. The first-order chi connectivity index (χ1) is 19.5. The number of rotatable bonds is 8. The average molecular weight is 577 g/mol. The standard InChI is InChI=1S/C30H33FN6O3S/c1-30(2)14-25-20(28(30)39)13-24(41-25)23(38)11-18-10-17(6-7-22(18)31)21-15-32-36(4)29(40)27(21)33-26-12-19(35(3)34-26)16-37-8-5-9-37/h6-7,10,12-13,15,28,39H,5,8-9,11,14,16H2,1-4H3,(H,33,34). The first kappa shape index (κ1) is 27.5. The van der Waals surface area contributed by atoms with Gasteiger partial charge in [-0.25, -0.2) is 9.07 Å². The molecule has 0 saturated carbocycles. The average Bonchev–Trinajstić information content (AvgIpc) is 3.53. The molecule has 3 aromatic heterocycles. The first-order valence-electron chi connectivity index (χ1n) is 13.7. The SMILES string of the molecule is Cn1nc(Nc2c(-c3ccc(F)c(CC(=O)c4cc5c(s4)CC(C)(C)C5O)c3)cnn(C)c2=O)cc1CN1CCC1. The van der Waals surface area contributed by atoms with E-state index in [4.69, 9.17) is 0 Å². The summed E-state index contributed by atoms with van der Waals surface area (Å²) in [5, 5.41) is 22.6. The molecule has 0 radical (unpaired) electrons. The second kappa shape index (κ2) is 10.3. The Morgan fingerprint density at radius 2 is 1.98 bits per heavy atom. The van der Waals surface area contributed by atoms with Gasteiger partial charge in [-0.3, -0.25) is 19.2 Å². The minimum atomic E-state index is -0.625. The van der Waals surface area contributed by atoms with Crippen LogP contribution in [0.5, 0.6) is 0 Å². The van der Waals surface area contributed by atoms with Gasteiger partial charge >= 0.3 is 0 Å². The van der Waals surface area contributed by atoms with Crippen LogP contribution in [0.1, 0.15) is 57.7 Å². The summed E-state index contributed by atoms with van der Waals surface area (Å²) >= 11 is 1.37. The van der Waals surface area contributed by atoms with Crippen LogP contribution in [0.4, 0.5) is 15.9 Å². The number of hydrogen-bond acceptors (Lipinski definition) is 8. The summed E-state index contributed by atoms with van der Waals surface area (Å²) in [7, 11) is 3.44. The van der Waals surface area contributed by atoms with Crippen molar-refractivity contribution in [3.8, 4) is 11.1 Å². The zero-order chi connectivity index (χ0) is 29.1. The molecule has 41 heavy (non-hydrogen) atoms. The molecular formula is C30H33FN6O3S. The van der Waals surface area contributed by atoms with Crippen LogP contribution in [0.2, 0.25) is 0 Å². The topological polar surface area (TPSA) is 105 Å². The molecule has 1 aromatic carbocycles. The highest BCUT2D eigenvalue weighted by Gasteiger charge is 2.39. The van der Waals surface area contributed by atoms with Gasteiger partial charge < -0.3 is 10.4 Å². The summed E-state index contributed by atoms with van der Waals surface area (Å²) in [6.07, 6.45) is 2.69. The summed E-state index contributed by atoms with van der Waals surface area (Å²) < 4.78 is 18.0. The van der Waals surface area contributed by atoms with Gasteiger partial charge in [0.05, 0.1) is 22.9 Å². The van der Waals surface area contributed by atoms with E-state index in [1.807, 2.05) is 27.0 Å². The fourth-order valence-electron chi connectivity index (χ4n) is 5.51. The number of ketones is 1. The van der Waals surface area contributed by atoms with Crippen LogP contribution < -0.4 is 10.9 Å². The third kappa shape index (κ3) is 5.13. The van der Waals surface area contributed by atoms with Crippen LogP contribution in [0, 0.1) is 11.2 Å². The Labute approximate surface area is 241 Å². The molecule has 11 heteroatoms. The zero-order valence-corrected chi connectivity index (χ0v) is 24.4. The lowest BCUT2D eigenvalue weighted by molar-refractivity contribution is 0.0665. The van der Waals surface area contributed by atoms with Crippen molar-refractivity contribution < 1.29 is 14.3 Å². The van der Waals surface area contributed by atoms with E-state index in [9.17, 15) is 19.1 Å². The fraction of sp³-hybridized carbons (Fsp3) is 0.400. The zero-order valence-electron chi connectivity index (χ0n) is 23.6. The number of carbonyl (C=O) groups excluding carboxylic acids is 1. The molecule has 1 fully saturated rings. The number of nitrogens with zero attached hydrogens (tertiary/aromatic N) is 5. The number of hydrogen-bond donors (Lipinski definition) is 2. The summed E-state index contributed by atoms with van der Waals surface area (Å²) in [5.41, 5.74) is 2.74. The molecule has 1 atom stereocenters. The van der Waals surface area contributed by atoms with E-state index in [1.54, 1.807) is 36.1 Å². The lowest BCUT2D eigenvalue weighted by Crippen LogP contribution is -2.36. The molecular weight excluding hydrogens is 543 g/mol. The molecule has 0 amide bonds. The van der Waals surface area contributed by atoms with Crippen LogP contribution in [-0.2, 0) is 33.5 Å². The largest absolute Gasteiger partial charge is 0.388 e. The Kier molecular flexibility index (Phi) is 6.91. The Balaban J connectivity index is 1.28. The number of likely N-dealkylation sites (tertiary alicyclic amines) is 1. The van der Waals surface area contributed by atoms with Crippen molar-refractivity contribution >= 4 is 28.6 Å². The van der Waals surface area contributed by atoms with Gasteiger partial charge in [0, 0.05) is 43.6 Å². The number of aryl methyl sites for hydroxylation is 2. The van der Waals surface area contributed by atoms with Crippen molar-refractivity contribution in [2.45, 2.75) is 45.8 Å². The van der Waals surface area contributed by atoms with Crippen molar-refractivity contribution in [1.29, 1.82) is 0 Å². The second-order valence-corrected chi connectivity index (χ2v) is 12.9. The molecule has 1 unspecified atom stereocenters. The van der Waals surface area contributed by atoms with Gasteiger partial charge in [0.1, 0.15) is 11.5 Å². The van der Waals surface area contributed by atoms with Gasteiger partial charge in [0.15, 0.2) is 11.6 Å². The van der Waals surface area contributed by atoms with E-state index in [0.29, 0.717) is 28.2 Å². The Morgan fingerprint density at radius 1 is 1.20 bits per heavy atom. The minimum absolute atomic E-state index is 0.139. The maximum absolute atomic E-state index is 15.0. The van der Waals surface area contributed by atoms with Gasteiger partial charge in [0.2, 0.25) is 0 Å². The normalized spacial score (nSPS) is 17.9. The lowest BCUT2D eigenvalue weighted by atomic mass is 9.88. The summed E-state index contributed by atoms with van der Waals surface area (Å²) in [6.45, 7) is 6.91. The number of fused-ring (bicyclic) bond motifs is 1. The molecule has 4 heterocycles. The van der Waals surface area contributed by atoms with Gasteiger partial charge in [-0.2, -0.15) is 10.2 Å². The predicted molar refractivity (Wildman–Crippen MR) is 156 cm³/mol. The van der Waals surface area contributed by atoms with Crippen molar-refractivity contribution in [3.63, 3.8) is 0 Å². The Morgan fingerprint density at radius 3 is 2.68 bits per heavy atom. The van der Waals surface area contributed by atoms with Crippen LogP contribution in [-0.4, -0.2) is 48.4 Å². The molecule has 2 N–H and O–H groups in total. The quantitative estimate of drug-likeness (QED) is 0.300. The summed E-state index contributed by atoms with van der Waals surface area (Å²) in [6, 6.07) is 8.16. The molecule has 4 aromatic rings. The number of aliphatic hydroxyl groups excluding tert-OH is 1. The molecule has 2 aliphatic rings. The smallest absolute Gasteiger partial charge is 0.290 e. The number of Topliss-reactive ketones (excluding diaryl/α,β-unsaturated/α-hetero) is 1. The molecule has 1 saturated heterocycles. The van der Waals surface area contributed by atoms with E-state index in [-0.39, 0.29) is 34.4 Å². The van der Waals surface area contributed by atoms with Crippen molar-refractivity contribution in [2.75, 3.05) is 18.4 Å². The fourth-order valence-corrected chi connectivity index (χ4v) is 6.88. The van der Waals surface area contributed by atoms with Gasteiger partial charge in [-0.05, 0) is 66.2 Å². The lowest BCUT2D eigenvalue weighted by Gasteiger charge is -2.30. The van der Waals surface area contributed by atoms with E-state index in [2.05, 4.69) is 20.4 Å². The van der Waals surface area contributed by atoms with Crippen LogP contribution >= 0.6 is 11.3 Å². The van der Waals surface area contributed by atoms with Crippen LogP contribution in [0.3, 0.4) is 0 Å². The number of aliphatic hydroxyl groups is 1. The summed E-state index contributed by atoms with van der Waals surface area (Å²) in [4.78, 5) is 30.2. The van der Waals surface area contributed by atoms with Crippen molar-refractivity contribution in [3.05, 3.63) is 79.3 Å². The highest BCUT2D eigenvalue weighted by Crippen LogP contribution is 2.48. The van der Waals surface area contributed by atoms with Gasteiger partial charge in [-0.1, -0.05) is 19.9 Å². The number of halogens is 1. The monoisotopic (exact) mass is 576 g/mol. The molecule has 6 rings (SSSR count). The minimum Gasteiger partial charge on any atom is -0.388 e. The third-order valence-electron chi connectivity index (χ3n) is 8.18. The van der Waals surface area contributed by atoms with Crippen LogP contribution in [0.25, 0.3) is 11.1 Å². The Hall–Kier alpha value is -3.67. The number of nitrogens with one attached hydrogen (secondary N) is 1. The highest BCUT2D eigenvalue weighted by molar-refractivity contribution is 7.14. The van der Waals surface area contributed by atoms with E-state index in [1.165, 1.54) is 28.5 Å². The van der Waals surface area contributed by atoms with Crippen molar-refractivity contribution in [2.24, 2.45) is 19.5 Å². The maximum Gasteiger partial charge on any atom is 0.290 e. The number of anilines is 2. The molecule has 214 valence electrons. The third-order valence-corrected chi connectivity index (χ3v) is 9.37. The van der Waals surface area contributed by atoms with E-state index >= 15 is 0 Å². The molecule has 1 aliphatic carbocycles. The Bertz CT molecular complexity index is 1720. The van der Waals surface area contributed by atoms with Crippen molar-refractivity contribution in [1.82, 2.24) is 24.5 Å². The number of benzene rings is 1. The van der Waals surface area contributed by atoms with E-state index < -0.39 is 11.9 Å². The molecule has 9 nitrogen and oxygen atoms in total.